The third kappa shape index (κ3) is 3.56. The van der Waals surface area contributed by atoms with Crippen molar-refractivity contribution in [2.24, 2.45) is 0 Å². The Balaban J connectivity index is 2.06. The summed E-state index contributed by atoms with van der Waals surface area (Å²) in [6.07, 6.45) is 0.843. The molecule has 1 N–H and O–H groups in total. The Morgan fingerprint density at radius 3 is 2.64 bits per heavy atom. The van der Waals surface area contributed by atoms with E-state index < -0.39 is 5.41 Å². The Labute approximate surface area is 162 Å². The van der Waals surface area contributed by atoms with Gasteiger partial charge in [0, 0.05) is 23.6 Å². The van der Waals surface area contributed by atoms with Crippen LogP contribution >= 0.6 is 0 Å². The maximum Gasteiger partial charge on any atom is 0.251 e. The highest BCUT2D eigenvalue weighted by Crippen LogP contribution is 2.29. The predicted molar refractivity (Wildman–Crippen MR) is 104 cm³/mol. The number of nitriles is 2. The van der Waals surface area contributed by atoms with E-state index in [-0.39, 0.29) is 23.6 Å². The third-order valence-electron chi connectivity index (χ3n) is 4.77. The number of hydrogen-bond donors (Lipinski definition) is 1. The zero-order valence-corrected chi connectivity index (χ0v) is 15.9. The average Bonchev–Trinajstić information content (AvgIpc) is 2.72. The van der Waals surface area contributed by atoms with Crippen LogP contribution in [0.2, 0.25) is 0 Å². The van der Waals surface area contributed by atoms with E-state index >= 15 is 0 Å². The topological polar surface area (TPSA) is 115 Å². The first-order valence-electron chi connectivity index (χ1n) is 8.82. The highest BCUT2D eigenvalue weighted by atomic mass is 16.5. The first-order chi connectivity index (χ1) is 13.4. The van der Waals surface area contributed by atoms with Crippen LogP contribution in [-0.4, -0.2) is 22.1 Å². The van der Waals surface area contributed by atoms with Gasteiger partial charge in [0.1, 0.15) is 17.6 Å². The molecule has 1 aromatic carbocycles. The minimum atomic E-state index is -0.951. The maximum atomic E-state index is 12.1. The fourth-order valence-electron chi connectivity index (χ4n) is 3.09. The van der Waals surface area contributed by atoms with Gasteiger partial charge in [-0.3, -0.25) is 4.79 Å². The van der Waals surface area contributed by atoms with Gasteiger partial charge in [0.25, 0.3) is 5.56 Å². The molecule has 0 saturated heterocycles. The van der Waals surface area contributed by atoms with E-state index in [2.05, 4.69) is 21.0 Å². The molecule has 0 aliphatic heterocycles. The van der Waals surface area contributed by atoms with Crippen LogP contribution < -0.4 is 10.3 Å². The number of rotatable bonds is 5. The molecule has 2 aromatic heterocycles. The number of aromatic amines is 1. The fourth-order valence-corrected chi connectivity index (χ4v) is 3.09. The van der Waals surface area contributed by atoms with Crippen molar-refractivity contribution in [2.75, 3.05) is 7.11 Å². The number of nitrogens with one attached hydrogen (secondary N) is 1. The summed E-state index contributed by atoms with van der Waals surface area (Å²) in [6, 6.07) is 13.2. The first kappa shape index (κ1) is 19.1. The van der Waals surface area contributed by atoms with Crippen LogP contribution in [0.25, 0.3) is 10.9 Å². The van der Waals surface area contributed by atoms with Gasteiger partial charge in [0.05, 0.1) is 18.6 Å². The summed E-state index contributed by atoms with van der Waals surface area (Å²) in [5, 5.41) is 19.9. The van der Waals surface area contributed by atoms with Gasteiger partial charge in [-0.25, -0.2) is 4.98 Å². The summed E-state index contributed by atoms with van der Waals surface area (Å²) in [7, 11) is 1.46. The Kier molecular flexibility index (Phi) is 5.10. The highest BCUT2D eigenvalue weighted by molar-refractivity contribution is 5.80. The van der Waals surface area contributed by atoms with Crippen molar-refractivity contribution >= 4 is 10.9 Å². The van der Waals surface area contributed by atoms with E-state index in [1.165, 1.54) is 13.2 Å². The second-order valence-corrected chi connectivity index (χ2v) is 6.72. The standard InChI is InChI=1S/C21H19N5O2/c1-4-13-7-14-5-6-15(8-17(14)25-20(13)27)21(2,12-23)10-18-24-16(11-22)9-19(26-18)28-3/h5-9H,4,10H2,1-3H3,(H,25,27)/t21-/m1/s1. The lowest BCUT2D eigenvalue weighted by Gasteiger charge is -2.22. The lowest BCUT2D eigenvalue weighted by molar-refractivity contribution is 0.393. The molecule has 0 aliphatic rings. The molecule has 2 heterocycles. The van der Waals surface area contributed by atoms with Crippen molar-refractivity contribution in [3.8, 4) is 18.0 Å². The number of pyridine rings is 1. The van der Waals surface area contributed by atoms with E-state index in [1.807, 2.05) is 37.3 Å². The molecule has 0 fully saturated rings. The summed E-state index contributed by atoms with van der Waals surface area (Å²) < 4.78 is 5.12. The molecule has 3 aromatic rings. The normalized spacial score (nSPS) is 12.8. The molecule has 3 rings (SSSR count). The van der Waals surface area contributed by atoms with Crippen molar-refractivity contribution in [2.45, 2.75) is 32.1 Å². The van der Waals surface area contributed by atoms with Crippen LogP contribution in [0, 0.1) is 22.7 Å². The van der Waals surface area contributed by atoms with Crippen LogP contribution in [0.1, 0.15) is 36.5 Å². The maximum absolute atomic E-state index is 12.1. The van der Waals surface area contributed by atoms with Crippen molar-refractivity contribution in [1.82, 2.24) is 15.0 Å². The molecule has 28 heavy (non-hydrogen) atoms. The number of ether oxygens (including phenoxy) is 1. The smallest absolute Gasteiger partial charge is 0.251 e. The summed E-state index contributed by atoms with van der Waals surface area (Å²) in [5.74, 6) is 0.617. The van der Waals surface area contributed by atoms with Crippen molar-refractivity contribution < 1.29 is 4.74 Å². The summed E-state index contributed by atoms with van der Waals surface area (Å²) in [4.78, 5) is 23.5. The summed E-state index contributed by atoms with van der Waals surface area (Å²) in [5.41, 5.74) is 1.22. The van der Waals surface area contributed by atoms with Gasteiger partial charge in [-0.2, -0.15) is 15.5 Å². The van der Waals surface area contributed by atoms with E-state index in [4.69, 9.17) is 10.00 Å². The number of nitrogens with zero attached hydrogens (tertiary/aromatic N) is 4. The lowest BCUT2D eigenvalue weighted by atomic mass is 9.80. The predicted octanol–water partition coefficient (Wildman–Crippen LogP) is 2.78. The van der Waals surface area contributed by atoms with Crippen molar-refractivity contribution in [3.63, 3.8) is 0 Å². The Hall–Kier alpha value is -3.71. The van der Waals surface area contributed by atoms with E-state index in [9.17, 15) is 10.1 Å². The van der Waals surface area contributed by atoms with Gasteiger partial charge in [0.2, 0.25) is 5.88 Å². The molecular formula is C21H19N5O2. The number of H-pyrrole nitrogens is 1. The molecule has 7 heteroatoms. The highest BCUT2D eigenvalue weighted by Gasteiger charge is 2.29. The van der Waals surface area contributed by atoms with Crippen LogP contribution in [0.3, 0.4) is 0 Å². The SMILES string of the molecule is CCc1cc2ccc([C@@](C)(C#N)Cc3nc(C#N)cc(OC)n3)cc2[nH]c1=O. The monoisotopic (exact) mass is 373 g/mol. The number of methoxy groups -OCH3 is 1. The molecule has 1 atom stereocenters. The molecule has 0 aliphatic carbocycles. The van der Waals surface area contributed by atoms with E-state index in [0.29, 0.717) is 17.8 Å². The van der Waals surface area contributed by atoms with Gasteiger partial charge in [-0.1, -0.05) is 19.1 Å². The zero-order chi connectivity index (χ0) is 20.3. The molecule has 7 nitrogen and oxygen atoms in total. The number of fused-ring (bicyclic) bond motifs is 1. The largest absolute Gasteiger partial charge is 0.481 e. The van der Waals surface area contributed by atoms with Crippen LogP contribution in [-0.2, 0) is 18.3 Å². The molecule has 0 bridgehead atoms. The Bertz CT molecular complexity index is 1190. The second kappa shape index (κ2) is 7.50. The second-order valence-electron chi connectivity index (χ2n) is 6.72. The fraction of sp³-hybridized carbons (Fsp3) is 0.286. The van der Waals surface area contributed by atoms with Crippen molar-refractivity contribution in [1.29, 1.82) is 10.5 Å². The molecule has 0 radical (unpaired) electrons. The minimum absolute atomic E-state index is 0.124. The van der Waals surface area contributed by atoms with Gasteiger partial charge >= 0.3 is 0 Å². The molecule has 0 amide bonds. The first-order valence-corrected chi connectivity index (χ1v) is 8.82. The van der Waals surface area contributed by atoms with Gasteiger partial charge in [-0.15, -0.1) is 0 Å². The van der Waals surface area contributed by atoms with Gasteiger partial charge in [0.15, 0.2) is 0 Å². The summed E-state index contributed by atoms with van der Waals surface area (Å²) in [6.45, 7) is 3.71. The van der Waals surface area contributed by atoms with Crippen molar-refractivity contribution in [3.05, 3.63) is 63.3 Å². The quantitative estimate of drug-likeness (QED) is 0.735. The van der Waals surface area contributed by atoms with E-state index in [0.717, 1.165) is 16.5 Å². The summed E-state index contributed by atoms with van der Waals surface area (Å²) >= 11 is 0. The third-order valence-corrected chi connectivity index (χ3v) is 4.77. The Morgan fingerprint density at radius 2 is 2.00 bits per heavy atom. The average molecular weight is 373 g/mol. The molecule has 0 spiro atoms. The van der Waals surface area contributed by atoms with Crippen LogP contribution in [0.5, 0.6) is 5.88 Å². The lowest BCUT2D eigenvalue weighted by Crippen LogP contribution is -2.24. The molecule has 140 valence electrons. The number of hydrogen-bond acceptors (Lipinski definition) is 6. The number of aromatic nitrogens is 3. The van der Waals surface area contributed by atoms with Gasteiger partial charge < -0.3 is 9.72 Å². The molecular weight excluding hydrogens is 354 g/mol. The number of aryl methyl sites for hydroxylation is 1. The number of benzene rings is 1. The minimum Gasteiger partial charge on any atom is -0.481 e. The van der Waals surface area contributed by atoms with E-state index in [1.54, 1.807) is 6.92 Å². The van der Waals surface area contributed by atoms with Crippen LogP contribution in [0.15, 0.2) is 35.1 Å². The zero-order valence-electron chi connectivity index (χ0n) is 15.9. The Morgan fingerprint density at radius 1 is 1.21 bits per heavy atom. The van der Waals surface area contributed by atoms with Gasteiger partial charge in [-0.05, 0) is 36.4 Å². The molecule has 0 unspecified atom stereocenters. The van der Waals surface area contributed by atoms with Crippen LogP contribution in [0.4, 0.5) is 0 Å². The molecule has 0 saturated carbocycles.